The maximum absolute atomic E-state index is 12.3. The van der Waals surface area contributed by atoms with Crippen LogP contribution in [-0.2, 0) is 9.53 Å². The normalized spacial score (nSPS) is 23.5. The average Bonchev–Trinajstić information content (AvgIpc) is 2.90. The fourth-order valence-electron chi connectivity index (χ4n) is 3.28. The zero-order valence-corrected chi connectivity index (χ0v) is 13.1. The molecule has 0 aliphatic carbocycles. The van der Waals surface area contributed by atoms with Crippen LogP contribution in [0.25, 0.3) is 0 Å². The van der Waals surface area contributed by atoms with Gasteiger partial charge in [-0.15, -0.1) is 0 Å². The maximum atomic E-state index is 12.3. The van der Waals surface area contributed by atoms with Crippen molar-refractivity contribution in [2.24, 2.45) is 0 Å². The van der Waals surface area contributed by atoms with Gasteiger partial charge in [-0.25, -0.2) is 0 Å². The van der Waals surface area contributed by atoms with Gasteiger partial charge >= 0.3 is 6.18 Å². The minimum atomic E-state index is -4.46. The Hall–Kier alpha value is -1.83. The molecule has 2 saturated heterocycles. The highest BCUT2D eigenvalue weighted by Gasteiger charge is 2.45. The first kappa shape index (κ1) is 17.0. The Labute approximate surface area is 137 Å². The highest BCUT2D eigenvalue weighted by molar-refractivity contribution is 5.77. The van der Waals surface area contributed by atoms with Gasteiger partial charge in [0.05, 0.1) is 18.4 Å². The summed E-state index contributed by atoms with van der Waals surface area (Å²) in [6, 6.07) is 3.60. The van der Waals surface area contributed by atoms with Gasteiger partial charge in [0, 0.05) is 25.7 Å². The number of hydrogen-bond donors (Lipinski definition) is 0. The van der Waals surface area contributed by atoms with Crippen LogP contribution < -0.4 is 4.74 Å². The van der Waals surface area contributed by atoms with E-state index >= 15 is 0 Å². The van der Waals surface area contributed by atoms with Gasteiger partial charge in [-0.2, -0.15) is 13.2 Å². The summed E-state index contributed by atoms with van der Waals surface area (Å²) in [6.07, 6.45) is -0.939. The van der Waals surface area contributed by atoms with E-state index in [1.54, 1.807) is 18.5 Å². The number of likely N-dealkylation sites (tertiary alicyclic amines) is 1. The van der Waals surface area contributed by atoms with Crippen molar-refractivity contribution in [2.45, 2.75) is 43.6 Å². The number of pyridine rings is 1. The van der Waals surface area contributed by atoms with Gasteiger partial charge in [0.1, 0.15) is 18.3 Å². The first-order valence-electron chi connectivity index (χ1n) is 7.90. The fraction of sp³-hybridized carbons (Fsp3) is 0.625. The smallest absolute Gasteiger partial charge is 0.397 e. The van der Waals surface area contributed by atoms with Crippen LogP contribution in [0.5, 0.6) is 5.75 Å². The first-order chi connectivity index (χ1) is 11.4. The third-order valence-corrected chi connectivity index (χ3v) is 4.49. The van der Waals surface area contributed by atoms with Gasteiger partial charge in [0.15, 0.2) is 0 Å². The molecule has 1 amide bonds. The fourth-order valence-corrected chi connectivity index (χ4v) is 3.28. The summed E-state index contributed by atoms with van der Waals surface area (Å²) in [5.41, 5.74) is -0.401. The third kappa shape index (κ3) is 4.17. The first-order valence-corrected chi connectivity index (χ1v) is 7.90. The van der Waals surface area contributed by atoms with E-state index in [2.05, 4.69) is 4.98 Å². The molecule has 24 heavy (non-hydrogen) atoms. The number of carbonyl (C=O) groups excluding carboxylic acids is 1. The van der Waals surface area contributed by atoms with Crippen LogP contribution in [0.1, 0.15) is 25.7 Å². The van der Waals surface area contributed by atoms with Crippen molar-refractivity contribution in [2.75, 3.05) is 19.7 Å². The van der Waals surface area contributed by atoms with Gasteiger partial charge in [-0.1, -0.05) is 0 Å². The molecule has 5 nitrogen and oxygen atoms in total. The van der Waals surface area contributed by atoms with Gasteiger partial charge in [0.2, 0.25) is 5.91 Å². The number of carbonyl (C=O) groups is 1. The van der Waals surface area contributed by atoms with Crippen molar-refractivity contribution >= 4 is 5.91 Å². The van der Waals surface area contributed by atoms with Crippen molar-refractivity contribution in [1.29, 1.82) is 0 Å². The highest BCUT2D eigenvalue weighted by Crippen LogP contribution is 2.37. The molecule has 0 saturated carbocycles. The topological polar surface area (TPSA) is 51.7 Å². The van der Waals surface area contributed by atoms with Gasteiger partial charge in [0.25, 0.3) is 0 Å². The van der Waals surface area contributed by atoms with Crippen molar-refractivity contribution in [1.82, 2.24) is 9.88 Å². The summed E-state index contributed by atoms with van der Waals surface area (Å²) in [5.74, 6) is -0.195. The lowest BCUT2D eigenvalue weighted by Gasteiger charge is -2.38. The molecule has 1 aromatic rings. The zero-order chi connectivity index (χ0) is 17.2. The maximum Gasteiger partial charge on any atom is 0.397 e. The molecule has 3 heterocycles. The van der Waals surface area contributed by atoms with E-state index < -0.39 is 24.1 Å². The average molecular weight is 344 g/mol. The molecule has 1 spiro atoms. The zero-order valence-electron chi connectivity index (χ0n) is 13.1. The largest absolute Gasteiger partial charge is 0.486 e. The lowest BCUT2D eigenvalue weighted by Crippen LogP contribution is -2.47. The van der Waals surface area contributed by atoms with E-state index in [-0.39, 0.29) is 19.2 Å². The van der Waals surface area contributed by atoms with Crippen LogP contribution in [0, 0.1) is 0 Å². The highest BCUT2D eigenvalue weighted by atomic mass is 19.4. The Bertz CT molecular complexity index is 572. The number of nitrogens with zero attached hydrogens (tertiary/aromatic N) is 2. The lowest BCUT2D eigenvalue weighted by molar-refractivity contribution is -0.164. The molecule has 2 fully saturated rings. The number of piperidine rings is 1. The molecule has 1 aromatic heterocycles. The lowest BCUT2D eigenvalue weighted by atomic mass is 9.88. The molecule has 0 N–H and O–H groups in total. The van der Waals surface area contributed by atoms with E-state index in [0.717, 1.165) is 0 Å². The molecule has 1 atom stereocenters. The van der Waals surface area contributed by atoms with Gasteiger partial charge in [-0.3, -0.25) is 9.78 Å². The molecular formula is C16H19F3N2O3. The summed E-state index contributed by atoms with van der Waals surface area (Å²) >= 11 is 0. The van der Waals surface area contributed by atoms with Crippen LogP contribution in [0.2, 0.25) is 0 Å². The third-order valence-electron chi connectivity index (χ3n) is 4.49. The summed E-state index contributed by atoms with van der Waals surface area (Å²) in [5, 5.41) is 0. The Morgan fingerprint density at radius 1 is 1.42 bits per heavy atom. The number of hydrogen-bond acceptors (Lipinski definition) is 4. The monoisotopic (exact) mass is 344 g/mol. The predicted octanol–water partition coefficient (Wildman–Crippen LogP) is 2.56. The molecule has 2 aliphatic heterocycles. The molecule has 0 bridgehead atoms. The van der Waals surface area contributed by atoms with E-state index in [4.69, 9.17) is 9.47 Å². The number of alkyl halides is 3. The molecule has 0 unspecified atom stereocenters. The number of halogens is 3. The second-order valence-corrected chi connectivity index (χ2v) is 6.30. The van der Waals surface area contributed by atoms with Crippen molar-refractivity contribution in [3.8, 4) is 5.75 Å². The van der Waals surface area contributed by atoms with Crippen LogP contribution in [0.3, 0.4) is 0 Å². The SMILES string of the molecule is O=C(CC(F)(F)F)N1CCC2(CC1)C[C@H](Oc1cccnc1)CO2. The summed E-state index contributed by atoms with van der Waals surface area (Å²) in [7, 11) is 0. The minimum absolute atomic E-state index is 0.105. The Morgan fingerprint density at radius 2 is 2.17 bits per heavy atom. The van der Waals surface area contributed by atoms with Gasteiger partial charge < -0.3 is 14.4 Å². The van der Waals surface area contributed by atoms with E-state index in [0.29, 0.717) is 31.6 Å². The summed E-state index contributed by atoms with van der Waals surface area (Å²) in [4.78, 5) is 16.9. The van der Waals surface area contributed by atoms with Crippen molar-refractivity contribution < 1.29 is 27.4 Å². The second kappa shape index (κ2) is 6.58. The van der Waals surface area contributed by atoms with E-state index in [9.17, 15) is 18.0 Å². The van der Waals surface area contributed by atoms with E-state index in [1.807, 2.05) is 6.07 Å². The second-order valence-electron chi connectivity index (χ2n) is 6.30. The minimum Gasteiger partial charge on any atom is -0.486 e. The number of rotatable bonds is 3. The van der Waals surface area contributed by atoms with Crippen LogP contribution in [0.15, 0.2) is 24.5 Å². The molecule has 132 valence electrons. The summed E-state index contributed by atoms with van der Waals surface area (Å²) < 4.78 is 48.7. The molecule has 8 heteroatoms. The van der Waals surface area contributed by atoms with Crippen LogP contribution in [0.4, 0.5) is 13.2 Å². The number of amides is 1. The molecular weight excluding hydrogens is 325 g/mol. The molecule has 0 aromatic carbocycles. The van der Waals surface area contributed by atoms with E-state index in [1.165, 1.54) is 4.90 Å². The van der Waals surface area contributed by atoms with Gasteiger partial charge in [-0.05, 0) is 25.0 Å². The van der Waals surface area contributed by atoms with Crippen molar-refractivity contribution in [3.05, 3.63) is 24.5 Å². The molecule has 0 radical (unpaired) electrons. The molecule has 3 rings (SSSR count). The summed E-state index contributed by atoms with van der Waals surface area (Å²) in [6.45, 7) is 1.01. The quantitative estimate of drug-likeness (QED) is 0.846. The Kier molecular flexibility index (Phi) is 4.67. The van der Waals surface area contributed by atoms with Crippen LogP contribution in [-0.4, -0.2) is 53.4 Å². The molecule has 2 aliphatic rings. The number of ether oxygens (including phenoxy) is 2. The van der Waals surface area contributed by atoms with Crippen LogP contribution >= 0.6 is 0 Å². The Balaban J connectivity index is 1.50. The number of aromatic nitrogens is 1. The standard InChI is InChI=1S/C16H19F3N2O3/c17-16(18,19)9-14(22)21-6-3-15(4-7-21)8-13(11-23-15)24-12-2-1-5-20-10-12/h1-2,5,10,13H,3-4,6-9,11H2/t13-/m0/s1. The van der Waals surface area contributed by atoms with Crippen molar-refractivity contribution in [3.63, 3.8) is 0 Å². The Morgan fingerprint density at radius 3 is 2.79 bits per heavy atom. The predicted molar refractivity (Wildman–Crippen MR) is 78.4 cm³/mol.